The molecule has 9 heteroatoms. The van der Waals surface area contributed by atoms with Crippen LogP contribution >= 0.6 is 0 Å². The fourth-order valence-electron chi connectivity index (χ4n) is 3.04. The number of hydrogen-bond acceptors (Lipinski definition) is 7. The Bertz CT molecular complexity index is 768. The number of nitrogens with one attached hydrogen (secondary N) is 1. The van der Waals surface area contributed by atoms with E-state index in [4.69, 9.17) is 14.2 Å². The van der Waals surface area contributed by atoms with E-state index < -0.39 is 41.2 Å². The van der Waals surface area contributed by atoms with Crippen molar-refractivity contribution >= 4 is 24.1 Å². The maximum atomic E-state index is 12.9. The molecule has 0 radical (unpaired) electrons. The smallest absolute Gasteiger partial charge is 0.419 e. The number of nitrogens with zero attached hydrogens (tertiary/aromatic N) is 1. The molecule has 0 unspecified atom stereocenters. The monoisotopic (exact) mass is 406 g/mol. The number of hydrogen-bond donors (Lipinski definition) is 1. The first-order valence-electron chi connectivity index (χ1n) is 9.32. The molecule has 0 aromatic heterocycles. The lowest BCUT2D eigenvalue weighted by atomic mass is 9.85. The van der Waals surface area contributed by atoms with Gasteiger partial charge in [0.2, 0.25) is 0 Å². The second-order valence-electron chi connectivity index (χ2n) is 7.34. The van der Waals surface area contributed by atoms with Crippen LogP contribution in [-0.2, 0) is 23.8 Å². The van der Waals surface area contributed by atoms with Gasteiger partial charge in [-0.25, -0.2) is 24.1 Å². The van der Waals surface area contributed by atoms with E-state index >= 15 is 0 Å². The number of rotatable bonds is 5. The molecule has 0 aliphatic carbocycles. The Hall–Kier alpha value is -3.10. The SMILES string of the molecule is CCOC(=O)C1(C(=O)OCC)NC(=O)N(C(=O)OC(C)(C)C)[C@@H]1c1ccccc1. The highest BCUT2D eigenvalue weighted by Crippen LogP contribution is 2.40. The number of urea groups is 1. The quantitative estimate of drug-likeness (QED) is 0.454. The third-order valence-electron chi connectivity index (χ3n) is 4.09. The minimum atomic E-state index is -2.26. The van der Waals surface area contributed by atoms with Crippen molar-refractivity contribution in [2.45, 2.75) is 51.8 Å². The predicted octanol–water partition coefficient (Wildman–Crippen LogP) is 2.55. The van der Waals surface area contributed by atoms with Crippen LogP contribution in [0.25, 0.3) is 0 Å². The van der Waals surface area contributed by atoms with Crippen molar-refractivity contribution in [3.63, 3.8) is 0 Å². The molecule has 0 saturated carbocycles. The second-order valence-corrected chi connectivity index (χ2v) is 7.34. The van der Waals surface area contributed by atoms with Crippen molar-refractivity contribution < 1.29 is 33.4 Å². The van der Waals surface area contributed by atoms with Gasteiger partial charge in [-0.05, 0) is 40.2 Å². The lowest BCUT2D eigenvalue weighted by Gasteiger charge is -2.32. The molecule has 1 atom stereocenters. The summed E-state index contributed by atoms with van der Waals surface area (Å²) in [5.41, 5.74) is -2.81. The Morgan fingerprint density at radius 1 is 1.03 bits per heavy atom. The van der Waals surface area contributed by atoms with Gasteiger partial charge in [-0.15, -0.1) is 0 Å². The van der Waals surface area contributed by atoms with E-state index in [0.717, 1.165) is 0 Å². The highest BCUT2D eigenvalue weighted by molar-refractivity contribution is 6.13. The molecule has 158 valence electrons. The minimum absolute atomic E-state index is 0.0379. The number of carbonyl (C=O) groups excluding carboxylic acids is 4. The zero-order valence-corrected chi connectivity index (χ0v) is 17.2. The van der Waals surface area contributed by atoms with Gasteiger partial charge in [0, 0.05) is 0 Å². The maximum Gasteiger partial charge on any atom is 0.419 e. The van der Waals surface area contributed by atoms with E-state index in [0.29, 0.717) is 10.5 Å². The van der Waals surface area contributed by atoms with Crippen molar-refractivity contribution in [3.05, 3.63) is 35.9 Å². The van der Waals surface area contributed by atoms with Crippen molar-refractivity contribution in [1.29, 1.82) is 0 Å². The molecule has 0 bridgehead atoms. The first-order valence-corrected chi connectivity index (χ1v) is 9.32. The second kappa shape index (κ2) is 8.50. The van der Waals surface area contributed by atoms with Gasteiger partial charge in [-0.1, -0.05) is 30.3 Å². The highest BCUT2D eigenvalue weighted by Gasteiger charge is 2.66. The molecule has 1 heterocycles. The molecule has 1 fully saturated rings. The van der Waals surface area contributed by atoms with Crippen LogP contribution in [0.4, 0.5) is 9.59 Å². The number of carbonyl (C=O) groups is 4. The molecule has 1 N–H and O–H groups in total. The first-order chi connectivity index (χ1) is 13.6. The van der Waals surface area contributed by atoms with Crippen LogP contribution in [0.5, 0.6) is 0 Å². The normalized spacial score (nSPS) is 18.0. The maximum absolute atomic E-state index is 12.9. The molecule has 1 aliphatic heterocycles. The minimum Gasteiger partial charge on any atom is -0.464 e. The molecule has 29 heavy (non-hydrogen) atoms. The summed E-state index contributed by atoms with van der Waals surface area (Å²) in [4.78, 5) is 52.3. The summed E-state index contributed by atoms with van der Waals surface area (Å²) in [6.45, 7) is 7.97. The lowest BCUT2D eigenvalue weighted by Crippen LogP contribution is -2.60. The molecule has 2 rings (SSSR count). The van der Waals surface area contributed by atoms with Crippen LogP contribution in [0.15, 0.2) is 30.3 Å². The van der Waals surface area contributed by atoms with Crippen molar-refractivity contribution in [2.24, 2.45) is 0 Å². The number of amides is 3. The van der Waals surface area contributed by atoms with Crippen LogP contribution in [-0.4, -0.2) is 53.3 Å². The summed E-state index contributed by atoms with van der Waals surface area (Å²) in [5, 5.41) is 2.34. The van der Waals surface area contributed by atoms with E-state index in [2.05, 4.69) is 5.32 Å². The average Bonchev–Trinajstić information content (AvgIpc) is 2.96. The van der Waals surface area contributed by atoms with E-state index in [9.17, 15) is 19.2 Å². The summed E-state index contributed by atoms with van der Waals surface area (Å²) in [7, 11) is 0. The molecule has 1 saturated heterocycles. The zero-order valence-electron chi connectivity index (χ0n) is 17.2. The third-order valence-corrected chi connectivity index (χ3v) is 4.09. The third kappa shape index (κ3) is 4.33. The van der Waals surface area contributed by atoms with Crippen molar-refractivity contribution in [3.8, 4) is 0 Å². The summed E-state index contributed by atoms with van der Waals surface area (Å²) in [6.07, 6.45) is -1.00. The van der Waals surface area contributed by atoms with Crippen LogP contribution in [0, 0.1) is 0 Å². The van der Waals surface area contributed by atoms with Gasteiger partial charge in [-0.3, -0.25) is 0 Å². The summed E-state index contributed by atoms with van der Waals surface area (Å²) in [6, 6.07) is 5.91. The lowest BCUT2D eigenvalue weighted by molar-refractivity contribution is -0.167. The van der Waals surface area contributed by atoms with Crippen LogP contribution in [0.1, 0.15) is 46.2 Å². The Balaban J connectivity index is 2.68. The van der Waals surface area contributed by atoms with E-state index in [1.165, 1.54) is 0 Å². The van der Waals surface area contributed by atoms with Gasteiger partial charge in [0.25, 0.3) is 5.54 Å². The number of ether oxygens (including phenoxy) is 3. The van der Waals surface area contributed by atoms with E-state index in [-0.39, 0.29) is 13.2 Å². The molecule has 1 aliphatic rings. The van der Waals surface area contributed by atoms with E-state index in [1.54, 1.807) is 65.0 Å². The molecule has 3 amide bonds. The molecule has 9 nitrogen and oxygen atoms in total. The first kappa shape index (κ1) is 22.2. The van der Waals surface area contributed by atoms with Crippen LogP contribution in [0.3, 0.4) is 0 Å². The molecular formula is C20H26N2O7. The summed E-state index contributed by atoms with van der Waals surface area (Å²) < 4.78 is 15.5. The molecule has 1 aromatic carbocycles. The van der Waals surface area contributed by atoms with Gasteiger partial charge >= 0.3 is 24.1 Å². The zero-order chi connectivity index (χ0) is 21.8. The van der Waals surface area contributed by atoms with Gasteiger partial charge in [0.15, 0.2) is 0 Å². The summed E-state index contributed by atoms with van der Waals surface area (Å²) >= 11 is 0. The van der Waals surface area contributed by atoms with Crippen LogP contribution < -0.4 is 5.32 Å². The molecular weight excluding hydrogens is 380 g/mol. The molecule has 0 spiro atoms. The Kier molecular flexibility index (Phi) is 6.51. The topological polar surface area (TPSA) is 111 Å². The van der Waals surface area contributed by atoms with Crippen molar-refractivity contribution in [1.82, 2.24) is 10.2 Å². The number of esters is 2. The number of imide groups is 1. The fraction of sp³-hybridized carbons (Fsp3) is 0.500. The molecule has 1 aromatic rings. The van der Waals surface area contributed by atoms with Crippen LogP contribution in [0.2, 0.25) is 0 Å². The van der Waals surface area contributed by atoms with Gasteiger partial charge in [0.05, 0.1) is 13.2 Å². The standard InChI is InChI=1S/C20H26N2O7/c1-6-27-15(23)20(16(24)28-7-2)14(13-11-9-8-10-12-13)22(17(25)21-20)18(26)29-19(3,4)5/h8-12,14H,6-7H2,1-5H3,(H,21,25)/t14-/m1/s1. The highest BCUT2D eigenvalue weighted by atomic mass is 16.6. The predicted molar refractivity (Wildman–Crippen MR) is 102 cm³/mol. The average molecular weight is 406 g/mol. The Morgan fingerprint density at radius 3 is 2.00 bits per heavy atom. The largest absolute Gasteiger partial charge is 0.464 e. The van der Waals surface area contributed by atoms with E-state index in [1.807, 2.05) is 0 Å². The van der Waals surface area contributed by atoms with Gasteiger partial charge in [-0.2, -0.15) is 0 Å². The van der Waals surface area contributed by atoms with Gasteiger partial charge in [0.1, 0.15) is 11.6 Å². The Morgan fingerprint density at radius 2 is 1.55 bits per heavy atom. The Labute approximate surface area is 169 Å². The summed E-state index contributed by atoms with van der Waals surface area (Å²) in [5.74, 6) is -2.04. The fourth-order valence-corrected chi connectivity index (χ4v) is 3.04. The van der Waals surface area contributed by atoms with Crippen molar-refractivity contribution in [2.75, 3.05) is 13.2 Å². The number of benzene rings is 1. The van der Waals surface area contributed by atoms with Gasteiger partial charge < -0.3 is 19.5 Å².